The molecule has 0 saturated heterocycles. The first kappa shape index (κ1) is 20.4. The fraction of sp³-hybridized carbons (Fsp3) is 0.241. The lowest BCUT2D eigenvalue weighted by Crippen LogP contribution is -2.56. The summed E-state index contributed by atoms with van der Waals surface area (Å²) in [7, 11) is 0. The molecular formula is C29H27NO2. The zero-order valence-corrected chi connectivity index (χ0v) is 19.0. The van der Waals surface area contributed by atoms with Crippen LogP contribution in [0.25, 0.3) is 11.1 Å². The second kappa shape index (κ2) is 7.03. The first-order valence-electron chi connectivity index (χ1n) is 11.1. The number of benzene rings is 3. The predicted molar refractivity (Wildman–Crippen MR) is 128 cm³/mol. The molecule has 3 aromatic rings. The number of amides is 2. The van der Waals surface area contributed by atoms with Crippen molar-refractivity contribution in [2.75, 3.05) is 0 Å². The normalized spacial score (nSPS) is 15.9. The van der Waals surface area contributed by atoms with Crippen molar-refractivity contribution in [3.63, 3.8) is 0 Å². The zero-order valence-electron chi connectivity index (χ0n) is 19.0. The number of allylic oxidation sites excluding steroid dienone is 1. The topological polar surface area (TPSA) is 37.4 Å². The maximum absolute atomic E-state index is 13.4. The predicted octanol–water partition coefficient (Wildman–Crippen LogP) is 6.25. The Kier molecular flexibility index (Phi) is 4.49. The van der Waals surface area contributed by atoms with Gasteiger partial charge in [-0.2, -0.15) is 0 Å². The van der Waals surface area contributed by atoms with E-state index < -0.39 is 11.0 Å². The molecule has 1 heterocycles. The summed E-state index contributed by atoms with van der Waals surface area (Å²) in [5, 5.41) is 0. The monoisotopic (exact) mass is 421 g/mol. The van der Waals surface area contributed by atoms with Gasteiger partial charge >= 0.3 is 0 Å². The fourth-order valence-corrected chi connectivity index (χ4v) is 5.24. The van der Waals surface area contributed by atoms with Gasteiger partial charge in [0, 0.05) is 5.41 Å². The van der Waals surface area contributed by atoms with Gasteiger partial charge in [-0.1, -0.05) is 80.6 Å². The molecule has 2 aliphatic rings. The van der Waals surface area contributed by atoms with Gasteiger partial charge in [0.2, 0.25) is 0 Å². The summed E-state index contributed by atoms with van der Waals surface area (Å²) in [5.41, 5.74) is 5.88. The second-order valence-corrected chi connectivity index (χ2v) is 9.73. The first-order chi connectivity index (χ1) is 15.2. The van der Waals surface area contributed by atoms with E-state index in [0.717, 1.165) is 6.42 Å². The number of fused-ring (bicyclic) bond motifs is 2. The number of carbonyl (C=O) groups is 2. The van der Waals surface area contributed by atoms with E-state index in [2.05, 4.69) is 62.4 Å². The second-order valence-electron chi connectivity index (χ2n) is 9.73. The number of hydrogen-bond acceptors (Lipinski definition) is 2. The highest BCUT2D eigenvalue weighted by atomic mass is 16.2. The molecule has 3 heteroatoms. The smallest absolute Gasteiger partial charge is 0.262 e. The standard InChI is InChI=1S/C29H27NO2/c1-28(2,29(3,4)30-26(31)22-16-10-11-17-23(22)27(30)32)25-21-15-9-8-14-20(21)18-24(25)19-12-6-5-7-13-19/h5-17H,18H2,1-4H3. The SMILES string of the molecule is CC(C)(C1=C(c2ccccc2)Cc2ccccc21)C(C)(C)N1C(=O)c2ccccc2C1=O. The van der Waals surface area contributed by atoms with Gasteiger partial charge in [-0.15, -0.1) is 0 Å². The molecule has 0 aromatic heterocycles. The maximum atomic E-state index is 13.4. The molecule has 1 aliphatic heterocycles. The molecule has 5 rings (SSSR count). The Morgan fingerprint density at radius 3 is 1.75 bits per heavy atom. The van der Waals surface area contributed by atoms with Crippen molar-refractivity contribution in [1.82, 2.24) is 4.90 Å². The van der Waals surface area contributed by atoms with Crippen LogP contribution in [0.15, 0.2) is 78.9 Å². The minimum Gasteiger partial charge on any atom is -0.269 e. The molecule has 0 atom stereocenters. The Hall–Kier alpha value is -3.46. The molecule has 0 fully saturated rings. The minimum atomic E-state index is -0.757. The third-order valence-electron chi connectivity index (χ3n) is 7.59. The molecule has 3 aromatic carbocycles. The van der Waals surface area contributed by atoms with E-state index in [0.29, 0.717) is 11.1 Å². The lowest BCUT2D eigenvalue weighted by Gasteiger charge is -2.48. The van der Waals surface area contributed by atoms with Gasteiger partial charge < -0.3 is 0 Å². The molecule has 3 nitrogen and oxygen atoms in total. The van der Waals surface area contributed by atoms with Gasteiger partial charge in [0.25, 0.3) is 11.8 Å². The van der Waals surface area contributed by atoms with Gasteiger partial charge in [-0.05, 0) is 60.2 Å². The summed E-state index contributed by atoms with van der Waals surface area (Å²) >= 11 is 0. The van der Waals surface area contributed by atoms with Crippen molar-refractivity contribution in [3.8, 4) is 0 Å². The molecular weight excluding hydrogens is 394 g/mol. The number of hydrogen-bond donors (Lipinski definition) is 0. The Morgan fingerprint density at radius 2 is 1.16 bits per heavy atom. The van der Waals surface area contributed by atoms with Crippen molar-refractivity contribution in [2.45, 2.75) is 39.7 Å². The Balaban J connectivity index is 1.68. The molecule has 0 unspecified atom stereocenters. The highest BCUT2D eigenvalue weighted by Gasteiger charge is 2.53. The summed E-state index contributed by atoms with van der Waals surface area (Å²) < 4.78 is 0. The van der Waals surface area contributed by atoms with Crippen LogP contribution in [0.5, 0.6) is 0 Å². The molecule has 0 bridgehead atoms. The zero-order chi connectivity index (χ0) is 22.7. The molecule has 2 amide bonds. The van der Waals surface area contributed by atoms with Gasteiger partial charge in [0.15, 0.2) is 0 Å². The molecule has 1 aliphatic carbocycles. The highest BCUT2D eigenvalue weighted by Crippen LogP contribution is 2.54. The average Bonchev–Trinajstić information content (AvgIpc) is 3.31. The van der Waals surface area contributed by atoms with Gasteiger partial charge in [0.1, 0.15) is 0 Å². The molecule has 32 heavy (non-hydrogen) atoms. The van der Waals surface area contributed by atoms with E-state index in [4.69, 9.17) is 0 Å². The van der Waals surface area contributed by atoms with Crippen LogP contribution in [0.2, 0.25) is 0 Å². The Morgan fingerprint density at radius 1 is 0.656 bits per heavy atom. The third-order valence-corrected chi connectivity index (χ3v) is 7.59. The van der Waals surface area contributed by atoms with Gasteiger partial charge in [-0.3, -0.25) is 14.5 Å². The number of carbonyl (C=O) groups excluding carboxylic acids is 2. The van der Waals surface area contributed by atoms with Crippen molar-refractivity contribution in [3.05, 3.63) is 107 Å². The van der Waals surface area contributed by atoms with E-state index in [1.165, 1.54) is 32.7 Å². The van der Waals surface area contributed by atoms with Crippen LogP contribution in [0.1, 0.15) is 65.1 Å². The summed E-state index contributed by atoms with van der Waals surface area (Å²) in [4.78, 5) is 28.3. The van der Waals surface area contributed by atoms with Gasteiger partial charge in [-0.25, -0.2) is 0 Å². The molecule has 160 valence electrons. The van der Waals surface area contributed by atoms with Crippen LogP contribution in [-0.2, 0) is 6.42 Å². The van der Waals surface area contributed by atoms with Crippen molar-refractivity contribution >= 4 is 23.0 Å². The van der Waals surface area contributed by atoms with Crippen LogP contribution in [0, 0.1) is 5.41 Å². The maximum Gasteiger partial charge on any atom is 0.262 e. The number of rotatable bonds is 4. The van der Waals surface area contributed by atoms with Crippen molar-refractivity contribution in [2.24, 2.45) is 5.41 Å². The largest absolute Gasteiger partial charge is 0.269 e. The number of nitrogens with zero attached hydrogens (tertiary/aromatic N) is 1. The van der Waals surface area contributed by atoms with E-state index in [-0.39, 0.29) is 11.8 Å². The Labute approximate surface area is 189 Å². The van der Waals surface area contributed by atoms with Gasteiger partial charge in [0.05, 0.1) is 16.7 Å². The summed E-state index contributed by atoms with van der Waals surface area (Å²) in [6, 6.07) is 26.1. The van der Waals surface area contributed by atoms with E-state index in [1.54, 1.807) is 12.1 Å². The molecule has 0 spiro atoms. The summed E-state index contributed by atoms with van der Waals surface area (Å²) in [5.74, 6) is -0.423. The Bertz CT molecular complexity index is 1250. The van der Waals surface area contributed by atoms with Crippen LogP contribution in [0.3, 0.4) is 0 Å². The third kappa shape index (κ3) is 2.74. The van der Waals surface area contributed by atoms with E-state index in [9.17, 15) is 9.59 Å². The lowest BCUT2D eigenvalue weighted by molar-refractivity contribution is 0.0304. The lowest BCUT2D eigenvalue weighted by atomic mass is 9.65. The first-order valence-corrected chi connectivity index (χ1v) is 11.1. The molecule has 0 radical (unpaired) electrons. The van der Waals surface area contributed by atoms with Crippen LogP contribution in [-0.4, -0.2) is 22.3 Å². The van der Waals surface area contributed by atoms with Crippen molar-refractivity contribution < 1.29 is 9.59 Å². The van der Waals surface area contributed by atoms with Crippen LogP contribution < -0.4 is 0 Å². The number of imide groups is 1. The molecule has 0 saturated carbocycles. The fourth-order valence-electron chi connectivity index (χ4n) is 5.24. The van der Waals surface area contributed by atoms with E-state index >= 15 is 0 Å². The quantitative estimate of drug-likeness (QED) is 0.467. The van der Waals surface area contributed by atoms with E-state index in [1.807, 2.05) is 32.0 Å². The van der Waals surface area contributed by atoms with Crippen LogP contribution in [0.4, 0.5) is 0 Å². The van der Waals surface area contributed by atoms with Crippen molar-refractivity contribution in [1.29, 1.82) is 0 Å². The van der Waals surface area contributed by atoms with Crippen LogP contribution >= 0.6 is 0 Å². The average molecular weight is 422 g/mol. The minimum absolute atomic E-state index is 0.211. The summed E-state index contributed by atoms with van der Waals surface area (Å²) in [6.07, 6.45) is 0.844. The molecule has 0 N–H and O–H groups in total. The highest BCUT2D eigenvalue weighted by molar-refractivity contribution is 6.22. The summed E-state index contributed by atoms with van der Waals surface area (Å²) in [6.45, 7) is 8.37.